The van der Waals surface area contributed by atoms with E-state index in [1.807, 2.05) is 18.3 Å². The van der Waals surface area contributed by atoms with Crippen molar-refractivity contribution in [3.05, 3.63) is 40.6 Å². The van der Waals surface area contributed by atoms with Crippen molar-refractivity contribution < 1.29 is 0 Å². The number of halogens is 1. The van der Waals surface area contributed by atoms with E-state index in [1.165, 1.54) is 0 Å². The van der Waals surface area contributed by atoms with E-state index >= 15 is 0 Å². The van der Waals surface area contributed by atoms with Crippen LogP contribution in [0.5, 0.6) is 0 Å². The Hall–Kier alpha value is -0.670. The van der Waals surface area contributed by atoms with Gasteiger partial charge in [-0.1, -0.05) is 12.2 Å². The number of allylic oxidation sites excluding steroid dienone is 1. The van der Waals surface area contributed by atoms with Gasteiger partial charge < -0.3 is 5.32 Å². The highest BCUT2D eigenvalue weighted by Gasteiger charge is 2.06. The van der Waals surface area contributed by atoms with Gasteiger partial charge in [-0.3, -0.25) is 4.98 Å². The zero-order valence-electron chi connectivity index (χ0n) is 10.8. The molecule has 1 heterocycles. The quantitative estimate of drug-likeness (QED) is 0.662. The van der Waals surface area contributed by atoms with Crippen LogP contribution >= 0.6 is 15.9 Å². The largest absolute Gasteiger partial charge is 0.312 e. The molecule has 2 nitrogen and oxygen atoms in total. The molecule has 0 fully saturated rings. The second-order valence-electron chi connectivity index (χ2n) is 5.11. The average molecular weight is 297 g/mol. The maximum absolute atomic E-state index is 4.32. The molecule has 3 heteroatoms. The summed E-state index contributed by atoms with van der Waals surface area (Å²) in [5, 5.41) is 3.45. The van der Waals surface area contributed by atoms with E-state index in [2.05, 4.69) is 59.2 Å². The first-order chi connectivity index (χ1) is 7.97. The minimum Gasteiger partial charge on any atom is -0.312 e. The molecule has 0 aliphatic heterocycles. The van der Waals surface area contributed by atoms with Gasteiger partial charge in [-0.15, -0.1) is 0 Å². The zero-order chi connectivity index (χ0) is 12.7. The predicted molar refractivity (Wildman–Crippen MR) is 77.2 cm³/mol. The number of hydrogen-bond donors (Lipinski definition) is 1. The van der Waals surface area contributed by atoms with Crippen molar-refractivity contribution in [2.45, 2.75) is 39.2 Å². The summed E-state index contributed by atoms with van der Waals surface area (Å²) in [6.45, 7) is 7.57. The van der Waals surface area contributed by atoms with E-state index in [9.17, 15) is 0 Å². The van der Waals surface area contributed by atoms with Gasteiger partial charge in [0.2, 0.25) is 0 Å². The summed E-state index contributed by atoms with van der Waals surface area (Å²) in [5.74, 6) is 0. The van der Waals surface area contributed by atoms with E-state index < -0.39 is 0 Å². The lowest BCUT2D eigenvalue weighted by atomic mass is 10.1. The van der Waals surface area contributed by atoms with Crippen molar-refractivity contribution in [3.63, 3.8) is 0 Å². The number of nitrogens with one attached hydrogen (secondary N) is 1. The lowest BCUT2D eigenvalue weighted by Gasteiger charge is -2.19. The molecule has 1 aromatic heterocycles. The van der Waals surface area contributed by atoms with Crippen molar-refractivity contribution in [1.29, 1.82) is 0 Å². The first-order valence-corrected chi connectivity index (χ1v) is 6.77. The van der Waals surface area contributed by atoms with E-state index in [-0.39, 0.29) is 5.54 Å². The van der Waals surface area contributed by atoms with Gasteiger partial charge in [0.15, 0.2) is 0 Å². The molecule has 94 valence electrons. The van der Waals surface area contributed by atoms with Crippen LogP contribution in [0, 0.1) is 0 Å². The zero-order valence-corrected chi connectivity index (χ0v) is 12.4. The first kappa shape index (κ1) is 14.4. The van der Waals surface area contributed by atoms with E-state index in [4.69, 9.17) is 0 Å². The molecular formula is C14H21BrN2. The molecular weight excluding hydrogens is 276 g/mol. The Morgan fingerprint density at radius 2 is 2.06 bits per heavy atom. The van der Waals surface area contributed by atoms with Gasteiger partial charge in [0.1, 0.15) is 0 Å². The van der Waals surface area contributed by atoms with E-state index in [0.717, 1.165) is 29.6 Å². The van der Waals surface area contributed by atoms with Gasteiger partial charge in [-0.05, 0) is 61.8 Å². The SMILES string of the molecule is CC(C)(C)NCC/C=C/Cc1ccc(Br)cn1. The fourth-order valence-electron chi connectivity index (χ4n) is 1.38. The molecule has 0 saturated heterocycles. The average Bonchev–Trinajstić information content (AvgIpc) is 2.24. The fourth-order valence-corrected chi connectivity index (χ4v) is 1.61. The van der Waals surface area contributed by atoms with Crippen LogP contribution < -0.4 is 5.32 Å². The second kappa shape index (κ2) is 6.92. The summed E-state index contributed by atoms with van der Waals surface area (Å²) < 4.78 is 1.03. The Balaban J connectivity index is 2.20. The highest BCUT2D eigenvalue weighted by Crippen LogP contribution is 2.08. The Bertz CT molecular complexity index is 349. The summed E-state index contributed by atoms with van der Waals surface area (Å²) in [7, 11) is 0. The van der Waals surface area contributed by atoms with Crippen LogP contribution in [0.4, 0.5) is 0 Å². The monoisotopic (exact) mass is 296 g/mol. The molecule has 1 N–H and O–H groups in total. The van der Waals surface area contributed by atoms with Crippen LogP contribution in [0.1, 0.15) is 32.9 Å². The maximum Gasteiger partial charge on any atom is 0.0442 e. The summed E-state index contributed by atoms with van der Waals surface area (Å²) in [6.07, 6.45) is 8.20. The van der Waals surface area contributed by atoms with Gasteiger partial charge in [0, 0.05) is 28.3 Å². The maximum atomic E-state index is 4.32. The summed E-state index contributed by atoms with van der Waals surface area (Å²) in [4.78, 5) is 4.32. The number of hydrogen-bond acceptors (Lipinski definition) is 2. The van der Waals surface area contributed by atoms with Crippen molar-refractivity contribution in [2.75, 3.05) is 6.54 Å². The number of aromatic nitrogens is 1. The minimum atomic E-state index is 0.209. The second-order valence-corrected chi connectivity index (χ2v) is 6.02. The normalized spacial score (nSPS) is 12.2. The highest BCUT2D eigenvalue weighted by molar-refractivity contribution is 9.10. The van der Waals surface area contributed by atoms with Gasteiger partial charge in [0.05, 0.1) is 0 Å². The molecule has 0 bridgehead atoms. The van der Waals surface area contributed by atoms with Crippen LogP contribution in [0.3, 0.4) is 0 Å². The molecule has 0 amide bonds. The molecule has 1 rings (SSSR count). The molecule has 0 aromatic carbocycles. The molecule has 1 aromatic rings. The molecule has 0 saturated carbocycles. The number of pyridine rings is 1. The number of rotatable bonds is 5. The van der Waals surface area contributed by atoms with E-state index in [1.54, 1.807) is 0 Å². The van der Waals surface area contributed by atoms with Gasteiger partial charge in [-0.2, -0.15) is 0 Å². The molecule has 0 radical (unpaired) electrons. The van der Waals surface area contributed by atoms with Crippen LogP contribution in [-0.4, -0.2) is 17.1 Å². The number of nitrogens with zero attached hydrogens (tertiary/aromatic N) is 1. The Kier molecular flexibility index (Phi) is 5.86. The smallest absolute Gasteiger partial charge is 0.0442 e. The summed E-state index contributed by atoms with van der Waals surface area (Å²) in [5.41, 5.74) is 1.31. The third-order valence-electron chi connectivity index (χ3n) is 2.25. The topological polar surface area (TPSA) is 24.9 Å². The van der Waals surface area contributed by atoms with Crippen molar-refractivity contribution >= 4 is 15.9 Å². The molecule has 0 atom stereocenters. The van der Waals surface area contributed by atoms with Gasteiger partial charge in [-0.25, -0.2) is 0 Å². The van der Waals surface area contributed by atoms with Crippen molar-refractivity contribution in [1.82, 2.24) is 10.3 Å². The van der Waals surface area contributed by atoms with Gasteiger partial charge >= 0.3 is 0 Å². The molecule has 0 aliphatic rings. The summed E-state index contributed by atoms with van der Waals surface area (Å²) >= 11 is 3.38. The Labute approximate surface area is 113 Å². The predicted octanol–water partition coefficient (Wildman–Crippen LogP) is 3.72. The van der Waals surface area contributed by atoms with Crippen LogP contribution in [0.25, 0.3) is 0 Å². The van der Waals surface area contributed by atoms with Gasteiger partial charge in [0.25, 0.3) is 0 Å². The van der Waals surface area contributed by atoms with Crippen molar-refractivity contribution in [3.8, 4) is 0 Å². The molecule has 0 aliphatic carbocycles. The van der Waals surface area contributed by atoms with Crippen LogP contribution in [0.15, 0.2) is 35.0 Å². The lowest BCUT2D eigenvalue weighted by molar-refractivity contribution is 0.431. The molecule has 0 spiro atoms. The van der Waals surface area contributed by atoms with Crippen LogP contribution in [0.2, 0.25) is 0 Å². The highest BCUT2D eigenvalue weighted by atomic mass is 79.9. The first-order valence-electron chi connectivity index (χ1n) is 5.98. The van der Waals surface area contributed by atoms with Crippen molar-refractivity contribution in [2.24, 2.45) is 0 Å². The Morgan fingerprint density at radius 3 is 2.65 bits per heavy atom. The van der Waals surface area contributed by atoms with Crippen LogP contribution in [-0.2, 0) is 6.42 Å². The van der Waals surface area contributed by atoms with E-state index in [0.29, 0.717) is 0 Å². The minimum absolute atomic E-state index is 0.209. The summed E-state index contributed by atoms with van der Waals surface area (Å²) in [6, 6.07) is 4.07. The third-order valence-corrected chi connectivity index (χ3v) is 2.72. The fraction of sp³-hybridized carbons (Fsp3) is 0.500. The molecule has 0 unspecified atom stereocenters. The molecule has 17 heavy (non-hydrogen) atoms. The third kappa shape index (κ3) is 7.29. The Morgan fingerprint density at radius 1 is 1.29 bits per heavy atom. The standard InChI is InChI=1S/C14H21BrN2/c1-14(2,3)17-10-6-4-5-7-13-9-8-12(15)11-16-13/h4-5,8-9,11,17H,6-7,10H2,1-3H3/b5-4+. The lowest BCUT2D eigenvalue weighted by Crippen LogP contribution is -2.36.